The van der Waals surface area contributed by atoms with Gasteiger partial charge in [-0.2, -0.15) is 5.10 Å². The summed E-state index contributed by atoms with van der Waals surface area (Å²) >= 11 is 5.97. The zero-order valence-electron chi connectivity index (χ0n) is 12.4. The first-order valence-electron chi connectivity index (χ1n) is 7.24. The van der Waals surface area contributed by atoms with Gasteiger partial charge in [-0.25, -0.2) is 4.98 Å². The minimum absolute atomic E-state index is 0.0559. The number of aryl methyl sites for hydroxylation is 1. The molecule has 0 saturated carbocycles. The molecule has 1 aliphatic rings. The molecule has 1 atom stereocenters. The van der Waals surface area contributed by atoms with Crippen LogP contribution in [0.25, 0.3) is 11.3 Å². The monoisotopic (exact) mass is 327 g/mol. The summed E-state index contributed by atoms with van der Waals surface area (Å²) in [6.07, 6.45) is 3.96. The van der Waals surface area contributed by atoms with Gasteiger partial charge in [0.15, 0.2) is 5.82 Å². The number of anilines is 1. The largest absolute Gasteiger partial charge is 0.337 e. The molecule has 23 heavy (non-hydrogen) atoms. The number of imidazole rings is 1. The summed E-state index contributed by atoms with van der Waals surface area (Å²) in [5, 5.41) is 10.8. The van der Waals surface area contributed by atoms with Gasteiger partial charge in [-0.15, -0.1) is 0 Å². The van der Waals surface area contributed by atoms with Crippen LogP contribution in [0, 0.1) is 0 Å². The Hall–Kier alpha value is -2.60. The average Bonchev–Trinajstić information content (AvgIpc) is 3.13. The summed E-state index contributed by atoms with van der Waals surface area (Å²) < 4.78 is 1.94. The molecule has 1 aromatic carbocycles. The third kappa shape index (κ3) is 2.31. The second kappa shape index (κ2) is 5.24. The smallest absolute Gasteiger partial charge is 0.226 e. The van der Waals surface area contributed by atoms with Crippen LogP contribution in [0.1, 0.15) is 23.7 Å². The Morgan fingerprint density at radius 3 is 2.78 bits per heavy atom. The predicted octanol–water partition coefficient (Wildman–Crippen LogP) is 2.94. The molecule has 0 aliphatic carbocycles. The van der Waals surface area contributed by atoms with Gasteiger partial charge in [-0.1, -0.05) is 23.7 Å². The van der Waals surface area contributed by atoms with Crippen LogP contribution in [0.4, 0.5) is 5.82 Å². The highest BCUT2D eigenvalue weighted by Gasteiger charge is 2.34. The first-order chi connectivity index (χ1) is 11.1. The number of halogens is 1. The van der Waals surface area contributed by atoms with E-state index < -0.39 is 0 Å². The molecule has 4 rings (SSSR count). The fourth-order valence-electron chi connectivity index (χ4n) is 3.03. The molecule has 116 valence electrons. The molecule has 3 heterocycles. The van der Waals surface area contributed by atoms with Gasteiger partial charge in [0.25, 0.3) is 0 Å². The van der Waals surface area contributed by atoms with Gasteiger partial charge in [0, 0.05) is 42.0 Å². The van der Waals surface area contributed by atoms with Crippen LogP contribution < -0.4 is 5.32 Å². The van der Waals surface area contributed by atoms with E-state index in [-0.39, 0.29) is 11.8 Å². The molecule has 0 bridgehead atoms. The SMILES string of the molecule is Cn1ccnc1C1CC(=O)Nc2n[nH]c(-c3ccc(Cl)cc3)c21. The number of fused-ring (bicyclic) bond motifs is 1. The number of nitrogens with one attached hydrogen (secondary N) is 2. The van der Waals surface area contributed by atoms with Crippen molar-refractivity contribution in [1.29, 1.82) is 0 Å². The Bertz CT molecular complexity index is 880. The van der Waals surface area contributed by atoms with Crippen molar-refractivity contribution < 1.29 is 4.79 Å². The fraction of sp³-hybridized carbons (Fsp3) is 0.188. The number of nitrogens with zero attached hydrogens (tertiary/aromatic N) is 3. The van der Waals surface area contributed by atoms with E-state index in [9.17, 15) is 4.79 Å². The molecule has 2 aromatic heterocycles. The Balaban J connectivity index is 1.88. The van der Waals surface area contributed by atoms with Crippen molar-refractivity contribution in [2.45, 2.75) is 12.3 Å². The number of rotatable bonds is 2. The number of amides is 1. The van der Waals surface area contributed by atoms with E-state index in [0.29, 0.717) is 17.3 Å². The van der Waals surface area contributed by atoms with Gasteiger partial charge in [-0.3, -0.25) is 9.89 Å². The third-order valence-electron chi connectivity index (χ3n) is 4.10. The Labute approximate surface area is 137 Å². The van der Waals surface area contributed by atoms with Gasteiger partial charge in [0.2, 0.25) is 5.91 Å². The number of aromatic amines is 1. The standard InChI is InChI=1S/C16H14ClN5O/c1-22-7-6-18-16(22)11-8-12(23)19-15-13(11)14(20-21-15)9-2-4-10(17)5-3-9/h2-7,11H,8H2,1H3,(H2,19,20,21,23). The molecule has 2 N–H and O–H groups in total. The first-order valence-corrected chi connectivity index (χ1v) is 7.62. The number of hydrogen-bond acceptors (Lipinski definition) is 3. The molecule has 0 spiro atoms. The van der Waals surface area contributed by atoms with Crippen LogP contribution >= 0.6 is 11.6 Å². The van der Waals surface area contributed by atoms with Gasteiger partial charge in [0.05, 0.1) is 11.6 Å². The highest BCUT2D eigenvalue weighted by molar-refractivity contribution is 6.30. The quantitative estimate of drug-likeness (QED) is 0.760. The first kappa shape index (κ1) is 14.0. The predicted molar refractivity (Wildman–Crippen MR) is 87.3 cm³/mol. The lowest BCUT2D eigenvalue weighted by Crippen LogP contribution is -2.25. The molecule has 1 unspecified atom stereocenters. The Morgan fingerprint density at radius 1 is 1.30 bits per heavy atom. The third-order valence-corrected chi connectivity index (χ3v) is 4.35. The van der Waals surface area contributed by atoms with Crippen LogP contribution in [0.15, 0.2) is 36.7 Å². The van der Waals surface area contributed by atoms with Crippen molar-refractivity contribution in [2.75, 3.05) is 5.32 Å². The average molecular weight is 328 g/mol. The fourth-order valence-corrected chi connectivity index (χ4v) is 3.15. The van der Waals surface area contributed by atoms with Crippen molar-refractivity contribution in [3.63, 3.8) is 0 Å². The van der Waals surface area contributed by atoms with E-state index in [1.807, 2.05) is 42.1 Å². The van der Waals surface area contributed by atoms with E-state index in [0.717, 1.165) is 22.6 Å². The van der Waals surface area contributed by atoms with Crippen molar-refractivity contribution in [1.82, 2.24) is 19.7 Å². The van der Waals surface area contributed by atoms with E-state index in [1.54, 1.807) is 6.20 Å². The maximum atomic E-state index is 12.0. The summed E-state index contributed by atoms with van der Waals surface area (Å²) in [5.74, 6) is 1.22. The number of carbonyl (C=O) groups excluding carboxylic acids is 1. The molecule has 0 saturated heterocycles. The summed E-state index contributed by atoms with van der Waals surface area (Å²) in [6, 6.07) is 7.53. The molecular formula is C16H14ClN5O. The van der Waals surface area contributed by atoms with E-state index >= 15 is 0 Å². The maximum absolute atomic E-state index is 12.0. The van der Waals surface area contributed by atoms with Gasteiger partial charge < -0.3 is 9.88 Å². The molecular weight excluding hydrogens is 314 g/mol. The lowest BCUT2D eigenvalue weighted by Gasteiger charge is -2.22. The Kier molecular flexibility index (Phi) is 3.20. The number of aromatic nitrogens is 4. The van der Waals surface area contributed by atoms with E-state index in [2.05, 4.69) is 20.5 Å². The number of benzene rings is 1. The topological polar surface area (TPSA) is 75.6 Å². The van der Waals surface area contributed by atoms with E-state index in [4.69, 9.17) is 11.6 Å². The van der Waals surface area contributed by atoms with Gasteiger partial charge in [-0.05, 0) is 12.1 Å². The van der Waals surface area contributed by atoms with Crippen LogP contribution in [-0.4, -0.2) is 25.7 Å². The number of carbonyl (C=O) groups is 1. The zero-order chi connectivity index (χ0) is 16.0. The minimum atomic E-state index is -0.136. The maximum Gasteiger partial charge on any atom is 0.226 e. The van der Waals surface area contributed by atoms with Crippen LogP contribution in [0.3, 0.4) is 0 Å². The summed E-state index contributed by atoms with van der Waals surface area (Å²) in [7, 11) is 1.93. The molecule has 1 aliphatic heterocycles. The molecule has 3 aromatic rings. The molecule has 7 heteroatoms. The zero-order valence-corrected chi connectivity index (χ0v) is 13.1. The summed E-state index contributed by atoms with van der Waals surface area (Å²) in [6.45, 7) is 0. The molecule has 1 amide bonds. The highest BCUT2D eigenvalue weighted by Crippen LogP contribution is 2.41. The van der Waals surface area contributed by atoms with Crippen molar-refractivity contribution in [2.24, 2.45) is 7.05 Å². The second-order valence-corrected chi connectivity index (χ2v) is 6.01. The van der Waals surface area contributed by atoms with Crippen LogP contribution in [0.2, 0.25) is 5.02 Å². The summed E-state index contributed by atoms with van der Waals surface area (Å²) in [4.78, 5) is 16.4. The normalized spacial score (nSPS) is 17.0. The highest BCUT2D eigenvalue weighted by atomic mass is 35.5. The van der Waals surface area contributed by atoms with Crippen LogP contribution in [-0.2, 0) is 11.8 Å². The molecule has 0 radical (unpaired) electrons. The lowest BCUT2D eigenvalue weighted by molar-refractivity contribution is -0.116. The summed E-state index contributed by atoms with van der Waals surface area (Å²) in [5.41, 5.74) is 2.81. The molecule has 0 fully saturated rings. The van der Waals surface area contributed by atoms with Crippen molar-refractivity contribution in [3.8, 4) is 11.3 Å². The Morgan fingerprint density at radius 2 is 2.09 bits per heavy atom. The number of hydrogen-bond donors (Lipinski definition) is 2. The minimum Gasteiger partial charge on any atom is -0.337 e. The van der Waals surface area contributed by atoms with Crippen molar-refractivity contribution in [3.05, 3.63) is 53.1 Å². The van der Waals surface area contributed by atoms with Gasteiger partial charge >= 0.3 is 0 Å². The van der Waals surface area contributed by atoms with Crippen LogP contribution in [0.5, 0.6) is 0 Å². The lowest BCUT2D eigenvalue weighted by atomic mass is 9.89. The number of H-pyrrole nitrogens is 1. The van der Waals surface area contributed by atoms with Crippen molar-refractivity contribution >= 4 is 23.3 Å². The van der Waals surface area contributed by atoms with Gasteiger partial charge in [0.1, 0.15) is 5.82 Å². The van der Waals surface area contributed by atoms with E-state index in [1.165, 1.54) is 0 Å². The second-order valence-electron chi connectivity index (χ2n) is 5.57. The molecule has 6 nitrogen and oxygen atoms in total.